The van der Waals surface area contributed by atoms with Gasteiger partial charge in [0.1, 0.15) is 17.9 Å². The van der Waals surface area contributed by atoms with Crippen LogP contribution in [0.5, 0.6) is 0 Å². The van der Waals surface area contributed by atoms with Crippen molar-refractivity contribution >= 4 is 35.4 Å². The van der Waals surface area contributed by atoms with E-state index >= 15 is 0 Å². The second-order valence-electron chi connectivity index (χ2n) is 9.10. The van der Waals surface area contributed by atoms with Gasteiger partial charge in [0.15, 0.2) is 0 Å². The Balaban J connectivity index is 1.77. The molecule has 0 aliphatic carbocycles. The number of hydrogen-bond donors (Lipinski definition) is 2. The molecule has 1 aromatic carbocycles. The van der Waals surface area contributed by atoms with Crippen molar-refractivity contribution in [2.45, 2.75) is 38.3 Å². The van der Waals surface area contributed by atoms with Crippen molar-refractivity contribution in [1.29, 1.82) is 5.26 Å². The van der Waals surface area contributed by atoms with Crippen molar-refractivity contribution in [1.82, 2.24) is 15.5 Å². The molecule has 0 spiro atoms. The first-order valence-corrected chi connectivity index (χ1v) is 12.5. The van der Waals surface area contributed by atoms with E-state index in [0.717, 1.165) is 11.6 Å². The summed E-state index contributed by atoms with van der Waals surface area (Å²) in [5.74, 6) is -2.16. The maximum atomic E-state index is 14.2. The van der Waals surface area contributed by atoms with Crippen molar-refractivity contribution < 1.29 is 18.8 Å². The van der Waals surface area contributed by atoms with Gasteiger partial charge in [-0.25, -0.2) is 4.39 Å². The highest BCUT2D eigenvalue weighted by molar-refractivity contribution is 6.30. The maximum Gasteiger partial charge on any atom is 0.247 e. The SMILES string of the molecule is C=C(/C=C\C=C/C)[C@@H]1C[C@@H](C(=O)N[C@H](C#N)C[C@@H]2CCNC2=O)N(C(=O)/C=C/c2ccc(Cl)cc2F)C1. The van der Waals surface area contributed by atoms with Gasteiger partial charge < -0.3 is 15.5 Å². The third-order valence-corrected chi connectivity index (χ3v) is 6.78. The van der Waals surface area contributed by atoms with Crippen LogP contribution in [0.1, 0.15) is 31.7 Å². The quantitative estimate of drug-likeness (QED) is 0.377. The molecule has 2 fully saturated rings. The van der Waals surface area contributed by atoms with Gasteiger partial charge in [-0.2, -0.15) is 5.26 Å². The molecular formula is C28H30ClFN4O3. The largest absolute Gasteiger partial charge is 0.356 e. The molecular weight excluding hydrogens is 495 g/mol. The van der Waals surface area contributed by atoms with Crippen molar-refractivity contribution in [3.05, 3.63) is 77.1 Å². The Morgan fingerprint density at radius 2 is 2.16 bits per heavy atom. The molecule has 1 aromatic rings. The molecule has 7 nitrogen and oxygen atoms in total. The molecule has 0 unspecified atom stereocenters. The monoisotopic (exact) mass is 524 g/mol. The minimum absolute atomic E-state index is 0.129. The first-order chi connectivity index (χ1) is 17.7. The van der Waals surface area contributed by atoms with E-state index in [9.17, 15) is 24.0 Å². The zero-order valence-electron chi connectivity index (χ0n) is 20.6. The first-order valence-electron chi connectivity index (χ1n) is 12.1. The van der Waals surface area contributed by atoms with E-state index in [1.165, 1.54) is 29.2 Å². The Kier molecular flexibility index (Phi) is 9.81. The molecule has 0 radical (unpaired) electrons. The van der Waals surface area contributed by atoms with Crippen LogP contribution >= 0.6 is 11.6 Å². The van der Waals surface area contributed by atoms with Crippen molar-refractivity contribution in [2.75, 3.05) is 13.1 Å². The molecule has 3 amide bonds. The van der Waals surface area contributed by atoms with Crippen LogP contribution in [-0.4, -0.2) is 47.8 Å². The Bertz CT molecular complexity index is 1190. The van der Waals surface area contributed by atoms with Gasteiger partial charge >= 0.3 is 0 Å². The summed E-state index contributed by atoms with van der Waals surface area (Å²) in [5, 5.41) is 15.3. The standard InChI is InChI=1S/C28H30ClFN4O3/c1-3-4-5-6-18(2)21-14-25(28(37)33-23(16-31)13-20-11-12-32-27(20)36)34(17-21)26(35)10-8-19-7-9-22(29)15-24(19)30/h3-10,15,20-21,23,25H,2,11-14,17H2,1H3,(H,32,36)(H,33,37)/b4-3-,6-5-,10-8+/t20-,21+,23-,25-/m0/s1. The van der Waals surface area contributed by atoms with Crippen molar-refractivity contribution in [3.8, 4) is 6.07 Å². The van der Waals surface area contributed by atoms with Crippen LogP contribution in [-0.2, 0) is 14.4 Å². The molecule has 2 heterocycles. The van der Waals surface area contributed by atoms with Crippen LogP contribution in [0.2, 0.25) is 5.02 Å². The van der Waals surface area contributed by atoms with E-state index in [2.05, 4.69) is 23.3 Å². The van der Waals surface area contributed by atoms with Gasteiger partial charge in [-0.15, -0.1) is 0 Å². The highest BCUT2D eigenvalue weighted by atomic mass is 35.5. The van der Waals surface area contributed by atoms with Crippen LogP contribution in [0.3, 0.4) is 0 Å². The van der Waals surface area contributed by atoms with Gasteiger partial charge in [0.05, 0.1) is 6.07 Å². The molecule has 2 N–H and O–H groups in total. The smallest absolute Gasteiger partial charge is 0.247 e. The molecule has 4 atom stereocenters. The number of rotatable bonds is 9. The van der Waals surface area contributed by atoms with E-state index in [4.69, 9.17) is 11.6 Å². The molecule has 2 aliphatic heterocycles. The fraction of sp³-hybridized carbons (Fsp3) is 0.357. The topological polar surface area (TPSA) is 102 Å². The van der Waals surface area contributed by atoms with Crippen LogP contribution in [0.15, 0.2) is 60.7 Å². The number of carbonyl (C=O) groups excluding carboxylic acids is 3. The zero-order chi connectivity index (χ0) is 26.9. The number of allylic oxidation sites excluding steroid dienone is 4. The lowest BCUT2D eigenvalue weighted by molar-refractivity contribution is -0.135. The maximum absolute atomic E-state index is 14.2. The van der Waals surface area contributed by atoms with Crippen LogP contribution < -0.4 is 10.6 Å². The third kappa shape index (κ3) is 7.40. The molecule has 37 heavy (non-hydrogen) atoms. The number of carbonyl (C=O) groups is 3. The summed E-state index contributed by atoms with van der Waals surface area (Å²) in [6.07, 6.45) is 11.1. The van der Waals surface area contributed by atoms with Crippen LogP contribution in [0.4, 0.5) is 4.39 Å². The van der Waals surface area contributed by atoms with Gasteiger partial charge in [-0.1, -0.05) is 54.1 Å². The molecule has 0 bridgehead atoms. The molecule has 2 saturated heterocycles. The number of hydrogen-bond acceptors (Lipinski definition) is 4. The Labute approximate surface area is 221 Å². The predicted molar refractivity (Wildman–Crippen MR) is 140 cm³/mol. The van der Waals surface area contributed by atoms with Crippen molar-refractivity contribution in [3.63, 3.8) is 0 Å². The summed E-state index contributed by atoms with van der Waals surface area (Å²) in [6.45, 7) is 6.77. The summed E-state index contributed by atoms with van der Waals surface area (Å²) in [6, 6.07) is 4.47. The second kappa shape index (κ2) is 13.0. The minimum atomic E-state index is -0.867. The predicted octanol–water partition coefficient (Wildman–Crippen LogP) is 3.93. The fourth-order valence-corrected chi connectivity index (χ4v) is 4.64. The normalized spacial score (nSPS) is 22.5. The van der Waals surface area contributed by atoms with Crippen molar-refractivity contribution in [2.24, 2.45) is 11.8 Å². The molecule has 194 valence electrons. The van der Waals surface area contributed by atoms with Crippen LogP contribution in [0, 0.1) is 29.0 Å². The minimum Gasteiger partial charge on any atom is -0.356 e. The van der Waals surface area contributed by atoms with E-state index < -0.39 is 29.7 Å². The third-order valence-electron chi connectivity index (χ3n) is 6.55. The summed E-state index contributed by atoms with van der Waals surface area (Å²) in [7, 11) is 0. The fourth-order valence-electron chi connectivity index (χ4n) is 4.48. The van der Waals surface area contributed by atoms with Gasteiger partial charge in [0.25, 0.3) is 0 Å². The summed E-state index contributed by atoms with van der Waals surface area (Å²) < 4.78 is 14.2. The van der Waals surface area contributed by atoms with E-state index in [1.807, 2.05) is 31.2 Å². The average Bonchev–Trinajstić information content (AvgIpc) is 3.49. The summed E-state index contributed by atoms with van der Waals surface area (Å²) in [5.41, 5.74) is 0.950. The second-order valence-corrected chi connectivity index (χ2v) is 9.54. The zero-order valence-corrected chi connectivity index (χ0v) is 21.4. The highest BCUT2D eigenvalue weighted by Gasteiger charge is 2.40. The lowest BCUT2D eigenvalue weighted by atomic mass is 9.96. The van der Waals surface area contributed by atoms with Gasteiger partial charge in [-0.05, 0) is 44.4 Å². The number of nitriles is 1. The number of benzene rings is 1. The molecule has 3 rings (SSSR count). The molecule has 0 saturated carbocycles. The molecule has 0 aromatic heterocycles. The summed E-state index contributed by atoms with van der Waals surface area (Å²) >= 11 is 5.80. The Morgan fingerprint density at radius 3 is 2.81 bits per heavy atom. The van der Waals surface area contributed by atoms with Gasteiger partial charge in [0, 0.05) is 41.6 Å². The number of nitrogens with zero attached hydrogens (tertiary/aromatic N) is 2. The van der Waals surface area contributed by atoms with Gasteiger partial charge in [0.2, 0.25) is 17.7 Å². The van der Waals surface area contributed by atoms with E-state index in [0.29, 0.717) is 19.4 Å². The summed E-state index contributed by atoms with van der Waals surface area (Å²) in [4.78, 5) is 39.7. The lowest BCUT2D eigenvalue weighted by Crippen LogP contribution is -2.48. The Hall–Kier alpha value is -3.70. The number of amides is 3. The number of nitrogens with one attached hydrogen (secondary N) is 2. The number of halogens is 2. The van der Waals surface area contributed by atoms with Gasteiger partial charge in [-0.3, -0.25) is 14.4 Å². The highest BCUT2D eigenvalue weighted by Crippen LogP contribution is 2.30. The van der Waals surface area contributed by atoms with E-state index in [1.54, 1.807) is 0 Å². The molecule has 9 heteroatoms. The average molecular weight is 525 g/mol. The Morgan fingerprint density at radius 1 is 1.38 bits per heavy atom. The first kappa shape index (κ1) is 27.9. The lowest BCUT2D eigenvalue weighted by Gasteiger charge is -2.24. The van der Waals surface area contributed by atoms with E-state index in [-0.39, 0.29) is 41.3 Å². The number of likely N-dealkylation sites (tertiary alicyclic amines) is 1. The molecule has 2 aliphatic rings. The van der Waals surface area contributed by atoms with Crippen LogP contribution in [0.25, 0.3) is 6.08 Å².